The zero-order chi connectivity index (χ0) is 99.8. The van der Waals surface area contributed by atoms with Crippen molar-refractivity contribution in [2.75, 3.05) is 81.7 Å². The van der Waals surface area contributed by atoms with Crippen LogP contribution < -0.4 is 28.4 Å². The molecule has 0 amide bonds. The zero-order valence-corrected chi connectivity index (χ0v) is 40.2. The molecule has 0 aliphatic carbocycles. The van der Waals surface area contributed by atoms with E-state index in [-0.39, 0.29) is 37.7 Å². The van der Waals surface area contributed by atoms with Gasteiger partial charge in [-0.2, -0.15) is 0 Å². The quantitative estimate of drug-likeness (QED) is 0.189. The second kappa shape index (κ2) is 23.0. The molecule has 0 saturated carbocycles. The van der Waals surface area contributed by atoms with Crippen LogP contribution in [-0.2, 0) is 19.1 Å². The number of fused-ring (bicyclic) bond motifs is 9. The van der Waals surface area contributed by atoms with Crippen LogP contribution in [0.2, 0.25) is 0 Å². The Kier molecular flexibility index (Phi) is 5.99. The minimum Gasteiger partial charge on any atom is -0.493 e. The van der Waals surface area contributed by atoms with Crippen molar-refractivity contribution in [2.24, 2.45) is 33.9 Å². The summed E-state index contributed by atoms with van der Waals surface area (Å²) in [5, 5.41) is 34.5. The Bertz CT molecular complexity index is 4450. The molecule has 12 nitrogen and oxygen atoms in total. The van der Waals surface area contributed by atoms with E-state index in [4.69, 9.17) is 98.3 Å². The fraction of sp³-hybridized carbons (Fsp3) is 0.700. The van der Waals surface area contributed by atoms with E-state index in [0.29, 0.717) is 26.8 Å². The number of ether oxygens (including phenoxy) is 6. The molecule has 6 aliphatic rings. The molecule has 0 aromatic heterocycles. The zero-order valence-electron chi connectivity index (χ0n) is 94.2. The first-order valence-corrected chi connectivity index (χ1v) is 21.5. The maximum Gasteiger partial charge on any atom is 0.161 e. The molecule has 9 atom stereocenters. The predicted molar refractivity (Wildman–Crippen MR) is 287 cm³/mol. The minimum atomic E-state index is -4.26. The Hall–Kier alpha value is -3.78. The molecule has 12 heteroatoms. The molecule has 3 aromatic rings. The summed E-state index contributed by atoms with van der Waals surface area (Å²) in [7, 11) is 2.55. The number of hydrogen-bond acceptors (Lipinski definition) is 12. The van der Waals surface area contributed by atoms with Crippen molar-refractivity contribution in [2.45, 2.75) is 156 Å². The molecular formula is C60H93N3O9. The van der Waals surface area contributed by atoms with E-state index in [2.05, 4.69) is 0 Å². The molecule has 0 radical (unpaired) electrons. The van der Waals surface area contributed by atoms with Crippen molar-refractivity contribution in [3.8, 4) is 34.5 Å². The van der Waals surface area contributed by atoms with Gasteiger partial charge in [0.1, 0.15) is 0 Å². The highest BCUT2D eigenvalue weighted by molar-refractivity contribution is 5.52. The molecule has 3 aromatic carbocycles. The molecule has 72 heavy (non-hydrogen) atoms. The summed E-state index contributed by atoms with van der Waals surface area (Å²) in [6.45, 7) is -37.0. The van der Waals surface area contributed by atoms with Crippen molar-refractivity contribution in [1.29, 1.82) is 0 Å². The van der Waals surface area contributed by atoms with Gasteiger partial charge in [-0.05, 0) is 161 Å². The molecular weight excluding hydrogens is 907 g/mol. The topological polar surface area (TPSA) is 126 Å². The van der Waals surface area contributed by atoms with Gasteiger partial charge >= 0.3 is 0 Å². The van der Waals surface area contributed by atoms with E-state index in [1.165, 1.54) is 28.4 Å². The van der Waals surface area contributed by atoms with Crippen LogP contribution in [0.4, 0.5) is 0 Å². The third-order valence-electron chi connectivity index (χ3n) is 10.7. The van der Waals surface area contributed by atoms with E-state index >= 15 is 0 Å². The first kappa shape index (κ1) is 18.7. The number of hydrogen-bond donors (Lipinski definition) is 3. The summed E-state index contributed by atoms with van der Waals surface area (Å²) >= 11 is 0. The second-order valence-corrected chi connectivity index (χ2v) is 16.8. The smallest absolute Gasteiger partial charge is 0.161 e. The van der Waals surface area contributed by atoms with Crippen LogP contribution >= 0.6 is 0 Å². The van der Waals surface area contributed by atoms with Crippen LogP contribution in [0.25, 0.3) is 0 Å². The third kappa shape index (κ3) is 13.2. The number of piperidine rings is 3. The van der Waals surface area contributed by atoms with E-state index in [1.54, 1.807) is 0 Å². The molecule has 3 saturated heterocycles. The van der Waals surface area contributed by atoms with Gasteiger partial charge in [-0.1, -0.05) is 61.9 Å². The Balaban J connectivity index is 0.000000260. The van der Waals surface area contributed by atoms with Crippen LogP contribution in [0.15, 0.2) is 36.4 Å². The van der Waals surface area contributed by atoms with Crippen molar-refractivity contribution in [3.05, 3.63) is 69.8 Å². The lowest BCUT2D eigenvalue weighted by Gasteiger charge is -2.47. The van der Waals surface area contributed by atoms with Gasteiger partial charge in [-0.15, -0.1) is 0 Å². The number of nitrogens with zero attached hydrogens (tertiary/aromatic N) is 3. The number of aryl methyl sites for hydroxylation is 3. The number of benzene rings is 3. The van der Waals surface area contributed by atoms with Gasteiger partial charge in [0.25, 0.3) is 0 Å². The highest BCUT2D eigenvalue weighted by Crippen LogP contribution is 2.48. The lowest BCUT2D eigenvalue weighted by atomic mass is 9.75. The molecule has 0 bridgehead atoms. The van der Waals surface area contributed by atoms with E-state index < -0.39 is 260 Å². The summed E-state index contributed by atoms with van der Waals surface area (Å²) in [6.07, 6.45) is -46.2. The summed E-state index contributed by atoms with van der Waals surface area (Å²) in [4.78, 5) is 0.171. The van der Waals surface area contributed by atoms with Gasteiger partial charge in [-0.3, -0.25) is 14.7 Å². The highest BCUT2D eigenvalue weighted by atomic mass is 16.5. The van der Waals surface area contributed by atoms with Gasteiger partial charge in [0.15, 0.2) is 34.5 Å². The maximum atomic E-state index is 11.5. The number of methoxy groups -OCH3 is 6. The molecule has 6 aliphatic heterocycles. The lowest BCUT2D eigenvalue weighted by Crippen LogP contribution is -2.48. The largest absolute Gasteiger partial charge is 0.493 e. The number of aliphatic hydroxyl groups is 3. The standard InChI is InChI=1S/3C20H31NO3/c3*1-20(2,3)11-14-12-21-7-6-13-8-18(23-4)19(24-5)9-15(13)16(21)10-17(14)22/h3*8-9,14,16-17,22H,6-7,10-12H2,1-5H3/i1D3,2D3,5D3,6D2,7D2,10D2,11D2,14D,16D,17D;2*1D3,2D3,6D2,7D2,10D2,11D2,14D,16D,17D. The summed E-state index contributed by atoms with van der Waals surface area (Å²) in [6, 6.07) is -4.86. The monoisotopic (exact) mass is 1050 g/mol. The van der Waals surface area contributed by atoms with E-state index in [9.17, 15) is 19.4 Å². The average molecular weight is 1050 g/mol. The molecule has 402 valence electrons. The van der Waals surface area contributed by atoms with Crippen molar-refractivity contribution in [3.63, 3.8) is 0 Å². The van der Waals surface area contributed by atoms with Crippen molar-refractivity contribution in [1.82, 2.24) is 14.7 Å². The molecule has 9 rings (SSSR count). The van der Waals surface area contributed by atoms with Gasteiger partial charge < -0.3 is 43.7 Å². The van der Waals surface area contributed by atoms with Crippen LogP contribution in [0.5, 0.6) is 34.5 Å². The van der Waals surface area contributed by atoms with E-state index in [0.717, 1.165) is 37.4 Å². The Labute approximate surface area is 509 Å². The summed E-state index contributed by atoms with van der Waals surface area (Å²) < 4.78 is 485. The van der Waals surface area contributed by atoms with Crippen LogP contribution in [0.1, 0.15) is 226 Å². The third-order valence-corrected chi connectivity index (χ3v) is 10.7. The van der Waals surface area contributed by atoms with Crippen LogP contribution in [-0.4, -0.2) is 130 Å². The Morgan fingerprint density at radius 3 is 1.00 bits per heavy atom. The Morgan fingerprint density at radius 1 is 0.486 bits per heavy atom. The minimum absolute atomic E-state index is 0.0266. The molecule has 0 spiro atoms. The SMILES string of the molecule is [2H]C([2H])([2H])C(C)(C([2H])([2H])[2H])C([2H])([2H])C1([2H])CN2C([2H])([2H])C([2H])([2H])c3cc(OC)c(OC)cc3C2([2H])C([2H])([2H])C1([2H])O.[2H]C([2H])([2H])C(C)(C([2H])([2H])[2H])C([2H])([2H])C1([2H])CN2C([2H])([2H])C([2H])([2H])c3cc(OC)c(OC)cc3C2([2H])C([2H])([2H])C1([2H])O.[2H]C([2H])([2H])Oc1cc2c(cc1OC)C([2H])([2H])C([2H])([2H])N1CC([2H])(C([2H])([2H])C(C)(C([2H])([2H])[2H])C([2H])([2H])[2H])C([2H])(O)C([2H])([2H])C21[2H]. The fourth-order valence-electron chi connectivity index (χ4n) is 7.67. The molecule has 3 fully saturated rings. The van der Waals surface area contributed by atoms with Gasteiger partial charge in [0.05, 0.1) is 73.2 Å². The van der Waals surface area contributed by atoms with Gasteiger partial charge in [-0.25, -0.2) is 0 Å². The van der Waals surface area contributed by atoms with Crippen LogP contribution in [0.3, 0.4) is 0 Å². The van der Waals surface area contributed by atoms with Crippen LogP contribution in [0, 0.1) is 33.9 Å². The highest BCUT2D eigenvalue weighted by Gasteiger charge is 2.43. The first-order chi connectivity index (χ1) is 55.0. The Morgan fingerprint density at radius 2 is 0.750 bits per heavy atom. The molecule has 9 unspecified atom stereocenters. The predicted octanol–water partition coefficient (Wildman–Crippen LogP) is 10.3. The van der Waals surface area contributed by atoms with E-state index in [1.807, 2.05) is 0 Å². The first-order valence-electron chi connectivity index (χ1n) is 48.5. The average Bonchev–Trinajstić information content (AvgIpc) is 0.654. The summed E-state index contributed by atoms with van der Waals surface area (Å²) in [5.74, 6) is -13.4. The number of rotatable bonds is 9. The maximum absolute atomic E-state index is 11.5. The lowest BCUT2D eigenvalue weighted by molar-refractivity contribution is -0.0259. The van der Waals surface area contributed by atoms with Crippen molar-refractivity contribution >= 4 is 0 Å². The van der Waals surface area contributed by atoms with Gasteiger partial charge in [0, 0.05) is 119 Å². The molecule has 6 heterocycles. The van der Waals surface area contributed by atoms with Gasteiger partial charge in [0.2, 0.25) is 0 Å². The fourth-order valence-corrected chi connectivity index (χ4v) is 7.67. The molecule has 3 N–H and O–H groups in total. The second-order valence-electron chi connectivity index (χ2n) is 16.8. The summed E-state index contributed by atoms with van der Waals surface area (Å²) in [5.41, 5.74) is -15.0. The normalized spacial score (nSPS) is 55.7. The van der Waals surface area contributed by atoms with Crippen molar-refractivity contribution < 1.29 is 118 Å².